The Hall–Kier alpha value is -2.97. The van der Waals surface area contributed by atoms with Crippen molar-refractivity contribution in [1.29, 1.82) is 0 Å². The van der Waals surface area contributed by atoms with E-state index in [-0.39, 0.29) is 17.5 Å². The van der Waals surface area contributed by atoms with Crippen LogP contribution in [0.25, 0.3) is 33.3 Å². The van der Waals surface area contributed by atoms with Crippen LogP contribution in [0.1, 0.15) is 42.5 Å². The number of nitrogens with one attached hydrogen (secondary N) is 2. The number of H-pyrrole nitrogens is 2. The molecule has 1 saturated carbocycles. The van der Waals surface area contributed by atoms with E-state index in [9.17, 15) is 9.59 Å². The summed E-state index contributed by atoms with van der Waals surface area (Å²) in [4.78, 5) is 38.6. The Bertz CT molecular complexity index is 1320. The number of aromatic amines is 2. The van der Waals surface area contributed by atoms with Gasteiger partial charge in [-0.15, -0.1) is 11.3 Å². The maximum absolute atomic E-state index is 13.4. The van der Waals surface area contributed by atoms with Crippen LogP contribution in [0.5, 0.6) is 0 Å². The summed E-state index contributed by atoms with van der Waals surface area (Å²) in [6.07, 6.45) is 5.66. The fourth-order valence-electron chi connectivity index (χ4n) is 4.60. The van der Waals surface area contributed by atoms with Crippen LogP contribution >= 0.6 is 11.3 Å². The number of fused-ring (bicyclic) bond motifs is 2. The molecule has 0 bridgehead atoms. The van der Waals surface area contributed by atoms with E-state index in [1.165, 1.54) is 17.8 Å². The third-order valence-corrected chi connectivity index (χ3v) is 7.00. The van der Waals surface area contributed by atoms with Crippen molar-refractivity contribution in [3.05, 3.63) is 50.9 Å². The predicted molar refractivity (Wildman–Crippen MR) is 127 cm³/mol. The minimum absolute atomic E-state index is 0.0364. The number of hydrogen-bond acceptors (Lipinski definition) is 5. The summed E-state index contributed by atoms with van der Waals surface area (Å²) in [7, 11) is 1.67. The van der Waals surface area contributed by atoms with Crippen LogP contribution < -0.4 is 5.56 Å². The lowest BCUT2D eigenvalue weighted by atomic mass is 9.93. The number of thiophene rings is 1. The molecule has 8 heteroatoms. The smallest absolute Gasteiger partial charge is 0.276 e. The lowest BCUT2D eigenvalue weighted by Crippen LogP contribution is -2.43. The summed E-state index contributed by atoms with van der Waals surface area (Å²) in [5.74, 6) is 0.0364. The van der Waals surface area contributed by atoms with Gasteiger partial charge in [0.25, 0.3) is 11.5 Å². The molecule has 5 rings (SSSR count). The molecule has 0 aliphatic heterocycles. The summed E-state index contributed by atoms with van der Waals surface area (Å²) in [5, 5.41) is 4.67. The van der Waals surface area contributed by atoms with Crippen molar-refractivity contribution in [3.63, 3.8) is 0 Å². The average Bonchev–Trinajstić information content (AvgIpc) is 3.45. The van der Waals surface area contributed by atoms with Crippen LogP contribution in [0.2, 0.25) is 0 Å². The summed E-state index contributed by atoms with van der Waals surface area (Å²) in [5.41, 5.74) is 3.78. The van der Waals surface area contributed by atoms with Crippen molar-refractivity contribution in [2.45, 2.75) is 38.1 Å². The molecule has 4 aromatic rings. The van der Waals surface area contributed by atoms with Crippen molar-refractivity contribution < 1.29 is 9.53 Å². The minimum atomic E-state index is -0.234. The van der Waals surface area contributed by atoms with Crippen LogP contribution in [0.3, 0.4) is 0 Å². The Kier molecular flexibility index (Phi) is 5.80. The second-order valence-electron chi connectivity index (χ2n) is 8.35. The first kappa shape index (κ1) is 20.9. The van der Waals surface area contributed by atoms with Gasteiger partial charge in [0, 0.05) is 46.9 Å². The van der Waals surface area contributed by atoms with Crippen LogP contribution in [0, 0.1) is 0 Å². The zero-order valence-corrected chi connectivity index (χ0v) is 18.8. The first-order valence-corrected chi connectivity index (χ1v) is 12.0. The molecule has 0 radical (unpaired) electrons. The highest BCUT2D eigenvalue weighted by Gasteiger charge is 2.26. The van der Waals surface area contributed by atoms with E-state index in [4.69, 9.17) is 4.74 Å². The Balaban J connectivity index is 1.47. The number of hydrogen-bond donors (Lipinski definition) is 2. The molecule has 3 heterocycles. The van der Waals surface area contributed by atoms with Gasteiger partial charge in [-0.2, -0.15) is 0 Å². The van der Waals surface area contributed by atoms with Crippen LogP contribution in [-0.2, 0) is 4.74 Å². The lowest BCUT2D eigenvalue weighted by molar-refractivity contribution is 0.0551. The van der Waals surface area contributed by atoms with E-state index in [0.29, 0.717) is 30.1 Å². The molecule has 1 fully saturated rings. The zero-order chi connectivity index (χ0) is 22.1. The van der Waals surface area contributed by atoms with Gasteiger partial charge in [0.15, 0.2) is 5.69 Å². The number of carbonyl (C=O) groups is 1. The molecule has 0 atom stereocenters. The maximum Gasteiger partial charge on any atom is 0.276 e. The fourth-order valence-corrected chi connectivity index (χ4v) is 5.29. The Morgan fingerprint density at radius 1 is 1.16 bits per heavy atom. The molecule has 32 heavy (non-hydrogen) atoms. The van der Waals surface area contributed by atoms with E-state index in [1.807, 2.05) is 39.9 Å². The quantitative estimate of drug-likeness (QED) is 0.451. The zero-order valence-electron chi connectivity index (χ0n) is 18.0. The Morgan fingerprint density at radius 2 is 2.00 bits per heavy atom. The van der Waals surface area contributed by atoms with Crippen molar-refractivity contribution in [2.75, 3.05) is 20.3 Å². The summed E-state index contributed by atoms with van der Waals surface area (Å²) < 4.78 is 5.27. The van der Waals surface area contributed by atoms with Crippen molar-refractivity contribution in [1.82, 2.24) is 19.9 Å². The topological polar surface area (TPSA) is 91.1 Å². The van der Waals surface area contributed by atoms with Gasteiger partial charge in [-0.3, -0.25) is 9.59 Å². The fraction of sp³-hybridized carbons (Fsp3) is 0.375. The van der Waals surface area contributed by atoms with Gasteiger partial charge < -0.3 is 19.6 Å². The highest BCUT2D eigenvalue weighted by atomic mass is 32.1. The highest BCUT2D eigenvalue weighted by molar-refractivity contribution is 7.09. The molecule has 1 amide bonds. The first-order chi connectivity index (χ1) is 15.6. The molecule has 166 valence electrons. The summed E-state index contributed by atoms with van der Waals surface area (Å²) >= 11 is 1.50. The van der Waals surface area contributed by atoms with Crippen molar-refractivity contribution >= 4 is 39.2 Å². The maximum atomic E-state index is 13.4. The molecule has 1 aliphatic carbocycles. The predicted octanol–water partition coefficient (Wildman–Crippen LogP) is 4.55. The second kappa shape index (κ2) is 8.88. The number of nitrogens with zero attached hydrogens (tertiary/aromatic N) is 2. The van der Waals surface area contributed by atoms with Gasteiger partial charge in [0.05, 0.1) is 23.3 Å². The Morgan fingerprint density at radius 3 is 2.81 bits per heavy atom. The van der Waals surface area contributed by atoms with Gasteiger partial charge in [-0.25, -0.2) is 4.98 Å². The number of amides is 1. The minimum Gasteiger partial charge on any atom is -0.383 e. The van der Waals surface area contributed by atoms with Crippen LogP contribution in [-0.4, -0.2) is 52.1 Å². The van der Waals surface area contributed by atoms with E-state index < -0.39 is 0 Å². The van der Waals surface area contributed by atoms with E-state index in [1.54, 1.807) is 7.11 Å². The van der Waals surface area contributed by atoms with Gasteiger partial charge in [0.2, 0.25) is 0 Å². The van der Waals surface area contributed by atoms with Gasteiger partial charge in [0.1, 0.15) is 0 Å². The number of rotatable bonds is 6. The number of methoxy groups -OCH3 is 1. The van der Waals surface area contributed by atoms with E-state index in [0.717, 1.165) is 47.6 Å². The SMILES string of the molecule is COCCN(C(=O)c1ccc2[nH]c(-c3nc4cscc4[nH]c3=O)cc2c1)C1CCCCC1. The normalized spacial score (nSPS) is 14.9. The van der Waals surface area contributed by atoms with Gasteiger partial charge in [-0.1, -0.05) is 19.3 Å². The third kappa shape index (κ3) is 3.96. The third-order valence-electron chi connectivity index (χ3n) is 6.27. The van der Waals surface area contributed by atoms with Crippen LogP contribution in [0.4, 0.5) is 0 Å². The number of benzene rings is 1. The molecule has 2 N–H and O–H groups in total. The average molecular weight is 451 g/mol. The monoisotopic (exact) mass is 450 g/mol. The van der Waals surface area contributed by atoms with Crippen LogP contribution in [0.15, 0.2) is 39.8 Å². The molecule has 0 unspecified atom stereocenters. The van der Waals surface area contributed by atoms with Crippen molar-refractivity contribution in [3.8, 4) is 11.4 Å². The molecule has 3 aromatic heterocycles. The van der Waals surface area contributed by atoms with Crippen molar-refractivity contribution in [2.24, 2.45) is 0 Å². The van der Waals surface area contributed by atoms with E-state index >= 15 is 0 Å². The molecule has 0 saturated heterocycles. The van der Waals surface area contributed by atoms with Gasteiger partial charge >= 0.3 is 0 Å². The summed E-state index contributed by atoms with van der Waals surface area (Å²) in [6, 6.07) is 7.81. The molecule has 0 spiro atoms. The number of carbonyl (C=O) groups excluding carboxylic acids is 1. The molecular formula is C24H26N4O3S. The second-order valence-corrected chi connectivity index (χ2v) is 9.10. The Labute approximate surface area is 189 Å². The molecule has 1 aromatic carbocycles. The molecular weight excluding hydrogens is 424 g/mol. The largest absolute Gasteiger partial charge is 0.383 e. The van der Waals surface area contributed by atoms with E-state index in [2.05, 4.69) is 15.0 Å². The summed E-state index contributed by atoms with van der Waals surface area (Å²) in [6.45, 7) is 1.12. The number of aromatic nitrogens is 3. The molecule has 1 aliphatic rings. The number of ether oxygens (including phenoxy) is 1. The lowest BCUT2D eigenvalue weighted by Gasteiger charge is -2.34. The highest BCUT2D eigenvalue weighted by Crippen LogP contribution is 2.27. The standard InChI is InChI=1S/C24H26N4O3S/c1-31-10-9-28(17-5-3-2-4-6-17)24(30)15-7-8-18-16(11-15)12-19(25-18)22-23(29)27-21-14-32-13-20(21)26-22/h7-8,11-14,17,25H,2-6,9-10H2,1H3,(H,27,29). The first-order valence-electron chi connectivity index (χ1n) is 11.0. The van der Waals surface area contributed by atoms with Gasteiger partial charge in [-0.05, 0) is 37.1 Å². The molecule has 7 nitrogen and oxygen atoms in total.